The fourth-order valence-electron chi connectivity index (χ4n) is 4.58. The summed E-state index contributed by atoms with van der Waals surface area (Å²) >= 11 is 0. The minimum Gasteiger partial charge on any atom is -0.299 e. The molecule has 0 saturated carbocycles. The van der Waals surface area contributed by atoms with Crippen molar-refractivity contribution in [3.8, 4) is 0 Å². The lowest BCUT2D eigenvalue weighted by Crippen LogP contribution is -2.35. The highest BCUT2D eigenvalue weighted by Crippen LogP contribution is 2.25. The lowest BCUT2D eigenvalue weighted by Gasteiger charge is -2.33. The topological polar surface area (TPSA) is 31.9 Å². The van der Waals surface area contributed by atoms with Crippen molar-refractivity contribution in [2.75, 3.05) is 13.1 Å². The summed E-state index contributed by atoms with van der Waals surface area (Å²) in [5.41, 5.74) is 6.93. The Kier molecular flexibility index (Phi) is 4.10. The molecule has 0 radical (unpaired) electrons. The largest absolute Gasteiger partial charge is 0.299 e. The molecule has 2 aliphatic rings. The average molecular weight is 343 g/mol. The highest BCUT2D eigenvalue weighted by molar-refractivity contribution is 5.78. The first-order valence-electron chi connectivity index (χ1n) is 9.76. The molecule has 0 bridgehead atoms. The van der Waals surface area contributed by atoms with Gasteiger partial charge in [-0.25, -0.2) is 0 Å². The van der Waals surface area contributed by atoms with E-state index in [9.17, 15) is 0 Å². The number of piperidine rings is 1. The van der Waals surface area contributed by atoms with Crippen LogP contribution in [0.15, 0.2) is 48.7 Å². The second kappa shape index (κ2) is 6.73. The van der Waals surface area contributed by atoms with Crippen molar-refractivity contribution >= 4 is 17.0 Å². The Morgan fingerprint density at radius 3 is 3.08 bits per heavy atom. The number of H-pyrrole nitrogens is 1. The first-order valence-corrected chi connectivity index (χ1v) is 9.76. The number of likely N-dealkylation sites (tertiary alicyclic amines) is 1. The zero-order chi connectivity index (χ0) is 17.3. The third-order valence-corrected chi connectivity index (χ3v) is 5.88. The first kappa shape index (κ1) is 15.8. The van der Waals surface area contributed by atoms with E-state index in [2.05, 4.69) is 63.6 Å². The average Bonchev–Trinajstić information content (AvgIpc) is 3.30. The Balaban J connectivity index is 1.24. The van der Waals surface area contributed by atoms with E-state index in [-0.39, 0.29) is 0 Å². The second-order valence-electron chi connectivity index (χ2n) is 7.88. The van der Waals surface area contributed by atoms with Crippen molar-refractivity contribution < 1.29 is 0 Å². The van der Waals surface area contributed by atoms with Crippen molar-refractivity contribution in [2.24, 2.45) is 5.92 Å². The summed E-state index contributed by atoms with van der Waals surface area (Å²) in [5, 5.41) is 8.40. The van der Waals surface area contributed by atoms with Gasteiger partial charge in [0.15, 0.2) is 0 Å². The lowest BCUT2D eigenvalue weighted by atomic mass is 9.90. The zero-order valence-electron chi connectivity index (χ0n) is 15.1. The number of fused-ring (bicyclic) bond motifs is 2. The summed E-state index contributed by atoms with van der Waals surface area (Å²) in [4.78, 5) is 2.65. The Hall–Kier alpha value is -2.39. The molecule has 132 valence electrons. The number of benzene rings is 2. The van der Waals surface area contributed by atoms with E-state index in [1.54, 1.807) is 0 Å². The van der Waals surface area contributed by atoms with Crippen LogP contribution in [0.25, 0.3) is 17.0 Å². The predicted molar refractivity (Wildman–Crippen MR) is 107 cm³/mol. The van der Waals surface area contributed by atoms with Crippen LogP contribution in [0.1, 0.15) is 35.1 Å². The maximum Gasteiger partial charge on any atom is 0.0650 e. The minimum absolute atomic E-state index is 0.754. The van der Waals surface area contributed by atoms with E-state index >= 15 is 0 Å². The van der Waals surface area contributed by atoms with Gasteiger partial charge in [-0.2, -0.15) is 5.10 Å². The molecule has 3 aromatic rings. The molecule has 1 aliphatic carbocycles. The van der Waals surface area contributed by atoms with Gasteiger partial charge in [-0.1, -0.05) is 36.4 Å². The molecule has 0 spiro atoms. The number of hydrogen-bond donors (Lipinski definition) is 1. The fraction of sp³-hybridized carbons (Fsp3) is 0.348. The van der Waals surface area contributed by atoms with Crippen LogP contribution in [0.2, 0.25) is 0 Å². The van der Waals surface area contributed by atoms with Gasteiger partial charge in [0.1, 0.15) is 0 Å². The van der Waals surface area contributed by atoms with Crippen LogP contribution in [0.4, 0.5) is 0 Å². The number of aromatic amines is 1. The number of rotatable bonds is 4. The molecule has 2 aromatic carbocycles. The summed E-state index contributed by atoms with van der Waals surface area (Å²) in [6.45, 7) is 3.52. The quantitative estimate of drug-likeness (QED) is 0.751. The van der Waals surface area contributed by atoms with Gasteiger partial charge in [-0.3, -0.25) is 10.00 Å². The Labute approximate surface area is 154 Å². The van der Waals surface area contributed by atoms with Crippen LogP contribution in [-0.2, 0) is 19.4 Å². The first-order chi connectivity index (χ1) is 12.8. The van der Waals surface area contributed by atoms with Crippen molar-refractivity contribution in [2.45, 2.75) is 32.2 Å². The molecule has 1 unspecified atom stereocenters. The standard InChI is InChI=1S/C23H25N3/c1-4-20-8-6-19(13-21(20)5-1)16-26-10-2-3-18(15-26)11-17-7-9-23-22(12-17)14-24-25-23/h1,4,6-9,12-14,18H,2-3,5,10-11,15-16H2,(H,24,25). The highest BCUT2D eigenvalue weighted by Gasteiger charge is 2.21. The van der Waals surface area contributed by atoms with Crippen molar-refractivity contribution in [3.05, 3.63) is 70.9 Å². The van der Waals surface area contributed by atoms with E-state index in [0.717, 1.165) is 24.4 Å². The van der Waals surface area contributed by atoms with Gasteiger partial charge in [0.05, 0.1) is 11.7 Å². The van der Waals surface area contributed by atoms with Crippen LogP contribution in [-0.4, -0.2) is 28.2 Å². The van der Waals surface area contributed by atoms with Gasteiger partial charge < -0.3 is 0 Å². The minimum atomic E-state index is 0.754. The number of allylic oxidation sites excluding steroid dienone is 1. The maximum atomic E-state index is 4.14. The molecule has 1 aliphatic heterocycles. The van der Waals surface area contributed by atoms with Gasteiger partial charge in [0.25, 0.3) is 0 Å². The lowest BCUT2D eigenvalue weighted by molar-refractivity contribution is 0.167. The van der Waals surface area contributed by atoms with Gasteiger partial charge in [0, 0.05) is 18.5 Å². The molecule has 26 heavy (non-hydrogen) atoms. The van der Waals surface area contributed by atoms with Gasteiger partial charge in [-0.05, 0) is 72.5 Å². The van der Waals surface area contributed by atoms with Crippen LogP contribution < -0.4 is 0 Å². The van der Waals surface area contributed by atoms with Crippen molar-refractivity contribution in [1.29, 1.82) is 0 Å². The summed E-state index contributed by atoms with van der Waals surface area (Å²) in [7, 11) is 0. The van der Waals surface area contributed by atoms with Crippen LogP contribution in [0.3, 0.4) is 0 Å². The van der Waals surface area contributed by atoms with Gasteiger partial charge >= 0.3 is 0 Å². The number of hydrogen-bond acceptors (Lipinski definition) is 2. The van der Waals surface area contributed by atoms with E-state index < -0.39 is 0 Å². The van der Waals surface area contributed by atoms with Gasteiger partial charge in [0.2, 0.25) is 0 Å². The maximum absolute atomic E-state index is 4.14. The third kappa shape index (κ3) is 3.19. The smallest absolute Gasteiger partial charge is 0.0650 e. The molecule has 1 atom stereocenters. The number of aromatic nitrogens is 2. The molecule has 1 N–H and O–H groups in total. The van der Waals surface area contributed by atoms with Gasteiger partial charge in [-0.15, -0.1) is 0 Å². The Morgan fingerprint density at radius 1 is 1.12 bits per heavy atom. The summed E-state index contributed by atoms with van der Waals surface area (Å²) in [5.74, 6) is 0.754. The SMILES string of the molecule is C1=Cc2ccc(CN3CCCC(Cc4ccc5[nH]ncc5c4)C3)cc2C1. The molecular formula is C23H25N3. The van der Waals surface area contributed by atoms with Crippen LogP contribution >= 0.6 is 0 Å². The van der Waals surface area contributed by atoms with E-state index in [1.807, 2.05) is 6.20 Å². The number of nitrogens with zero attached hydrogens (tertiary/aromatic N) is 2. The van der Waals surface area contributed by atoms with Crippen LogP contribution in [0, 0.1) is 5.92 Å². The highest BCUT2D eigenvalue weighted by atomic mass is 15.1. The molecule has 3 nitrogen and oxygen atoms in total. The number of nitrogens with one attached hydrogen (secondary N) is 1. The second-order valence-corrected chi connectivity index (χ2v) is 7.88. The van der Waals surface area contributed by atoms with Crippen LogP contribution in [0.5, 0.6) is 0 Å². The summed E-state index contributed by atoms with van der Waals surface area (Å²) in [6, 6.07) is 13.7. The summed E-state index contributed by atoms with van der Waals surface area (Å²) in [6.07, 6.45) is 11.4. The Morgan fingerprint density at radius 2 is 2.08 bits per heavy atom. The predicted octanol–water partition coefficient (Wildman–Crippen LogP) is 4.59. The molecule has 1 saturated heterocycles. The molecule has 5 rings (SSSR count). The zero-order valence-corrected chi connectivity index (χ0v) is 15.1. The normalized spacial score (nSPS) is 19.9. The molecule has 0 amide bonds. The molecule has 1 aromatic heterocycles. The molecule has 2 heterocycles. The van der Waals surface area contributed by atoms with E-state index in [1.165, 1.54) is 60.0 Å². The van der Waals surface area contributed by atoms with E-state index in [0.29, 0.717) is 0 Å². The third-order valence-electron chi connectivity index (χ3n) is 5.88. The van der Waals surface area contributed by atoms with Crippen molar-refractivity contribution in [1.82, 2.24) is 15.1 Å². The van der Waals surface area contributed by atoms with E-state index in [4.69, 9.17) is 0 Å². The van der Waals surface area contributed by atoms with Crippen molar-refractivity contribution in [3.63, 3.8) is 0 Å². The monoisotopic (exact) mass is 343 g/mol. The summed E-state index contributed by atoms with van der Waals surface area (Å²) < 4.78 is 0. The Bertz CT molecular complexity index is 953. The molecule has 3 heteroatoms. The fourth-order valence-corrected chi connectivity index (χ4v) is 4.58. The molecule has 1 fully saturated rings. The molecular weight excluding hydrogens is 318 g/mol.